The van der Waals surface area contributed by atoms with Gasteiger partial charge in [0.05, 0.1) is 5.41 Å². The number of amides is 1. The number of rotatable bonds is 2. The number of nitrogens with zero attached hydrogens (tertiary/aromatic N) is 1. The largest absolute Gasteiger partial charge is 0.337 e. The Labute approximate surface area is 127 Å². The Bertz CT molecular complexity index is 503. The first kappa shape index (κ1) is 14.6. The molecule has 3 nitrogen and oxygen atoms in total. The summed E-state index contributed by atoms with van der Waals surface area (Å²) in [6.07, 6.45) is 4.05. The molecule has 3 heteroatoms. The van der Waals surface area contributed by atoms with Gasteiger partial charge in [-0.15, -0.1) is 0 Å². The lowest BCUT2D eigenvalue weighted by Crippen LogP contribution is -2.55. The van der Waals surface area contributed by atoms with Crippen LogP contribution in [0.4, 0.5) is 0 Å². The second kappa shape index (κ2) is 5.45. The number of hydrogen-bond acceptors (Lipinski definition) is 2. The van der Waals surface area contributed by atoms with E-state index in [1.807, 2.05) is 6.07 Å². The topological polar surface area (TPSA) is 32.3 Å². The van der Waals surface area contributed by atoms with Crippen molar-refractivity contribution in [1.82, 2.24) is 10.2 Å². The van der Waals surface area contributed by atoms with Crippen LogP contribution in [0.15, 0.2) is 30.3 Å². The van der Waals surface area contributed by atoms with Crippen LogP contribution in [-0.4, -0.2) is 36.0 Å². The Hall–Kier alpha value is -1.35. The van der Waals surface area contributed by atoms with E-state index in [2.05, 4.69) is 48.3 Å². The summed E-state index contributed by atoms with van der Waals surface area (Å²) in [7, 11) is 0. The summed E-state index contributed by atoms with van der Waals surface area (Å²) in [6, 6.07) is 10.4. The second-order valence-corrected chi connectivity index (χ2v) is 7.07. The van der Waals surface area contributed by atoms with E-state index in [4.69, 9.17) is 0 Å². The summed E-state index contributed by atoms with van der Waals surface area (Å²) in [5.41, 5.74) is 0.872. The molecule has 1 N–H and O–H groups in total. The van der Waals surface area contributed by atoms with Gasteiger partial charge in [-0.1, -0.05) is 30.3 Å². The molecule has 0 saturated carbocycles. The third-order valence-corrected chi connectivity index (χ3v) is 5.34. The maximum atomic E-state index is 13.4. The first-order valence-corrected chi connectivity index (χ1v) is 8.15. The molecule has 0 bridgehead atoms. The third kappa shape index (κ3) is 2.48. The lowest BCUT2D eigenvalue weighted by Gasteiger charge is -2.43. The average molecular weight is 286 g/mol. The van der Waals surface area contributed by atoms with Crippen molar-refractivity contribution in [1.29, 1.82) is 0 Å². The molecule has 21 heavy (non-hydrogen) atoms. The fraction of sp³-hybridized carbons (Fsp3) is 0.611. The van der Waals surface area contributed by atoms with Crippen molar-refractivity contribution < 1.29 is 4.79 Å². The molecule has 0 radical (unpaired) electrons. The number of piperidine rings is 1. The molecule has 2 saturated heterocycles. The number of hydrogen-bond donors (Lipinski definition) is 1. The van der Waals surface area contributed by atoms with Crippen LogP contribution in [0.3, 0.4) is 0 Å². The Kier molecular flexibility index (Phi) is 3.78. The standard InChI is InChI=1S/C18H26N2O/c1-17(2)9-6-14-20(17)16(21)18(10-12-19-13-11-18)15-7-4-3-5-8-15/h3-5,7-8,19H,6,9-14H2,1-2H3. The van der Waals surface area contributed by atoms with Crippen LogP contribution in [0.2, 0.25) is 0 Å². The minimum atomic E-state index is -0.325. The van der Waals surface area contributed by atoms with Crippen molar-refractivity contribution in [3.05, 3.63) is 35.9 Å². The van der Waals surface area contributed by atoms with Crippen molar-refractivity contribution in [2.75, 3.05) is 19.6 Å². The summed E-state index contributed by atoms with van der Waals surface area (Å²) in [6.45, 7) is 7.17. The molecule has 0 aromatic heterocycles. The van der Waals surface area contributed by atoms with Gasteiger partial charge in [-0.2, -0.15) is 0 Å². The normalized spacial score (nSPS) is 24.0. The molecule has 2 heterocycles. The predicted octanol–water partition coefficient (Wildman–Crippen LogP) is 2.71. The molecule has 3 rings (SSSR count). The Balaban J connectivity index is 1.98. The molecule has 2 aliphatic heterocycles. The van der Waals surface area contributed by atoms with Crippen molar-refractivity contribution in [2.24, 2.45) is 0 Å². The van der Waals surface area contributed by atoms with Gasteiger partial charge in [0.2, 0.25) is 5.91 Å². The Morgan fingerprint density at radius 2 is 1.76 bits per heavy atom. The molecular weight excluding hydrogens is 260 g/mol. The third-order valence-electron chi connectivity index (χ3n) is 5.34. The predicted molar refractivity (Wildman–Crippen MR) is 85.2 cm³/mol. The minimum absolute atomic E-state index is 0.00371. The molecule has 114 valence electrons. The van der Waals surface area contributed by atoms with Crippen LogP contribution >= 0.6 is 0 Å². The quantitative estimate of drug-likeness (QED) is 0.906. The molecule has 0 spiro atoms. The minimum Gasteiger partial charge on any atom is -0.337 e. The highest BCUT2D eigenvalue weighted by molar-refractivity contribution is 5.89. The van der Waals surface area contributed by atoms with Gasteiger partial charge in [0.1, 0.15) is 0 Å². The maximum Gasteiger partial charge on any atom is 0.233 e. The van der Waals surface area contributed by atoms with E-state index < -0.39 is 0 Å². The smallest absolute Gasteiger partial charge is 0.233 e. The fourth-order valence-corrected chi connectivity index (χ4v) is 3.98. The van der Waals surface area contributed by atoms with Crippen LogP contribution in [-0.2, 0) is 10.2 Å². The number of likely N-dealkylation sites (tertiary alicyclic amines) is 1. The van der Waals surface area contributed by atoms with Crippen LogP contribution < -0.4 is 5.32 Å². The molecule has 1 aromatic rings. The number of nitrogens with one attached hydrogen (secondary N) is 1. The zero-order valence-corrected chi connectivity index (χ0v) is 13.2. The van der Waals surface area contributed by atoms with Crippen molar-refractivity contribution in [3.63, 3.8) is 0 Å². The van der Waals surface area contributed by atoms with Gasteiger partial charge in [-0.25, -0.2) is 0 Å². The van der Waals surface area contributed by atoms with Gasteiger partial charge in [-0.05, 0) is 58.2 Å². The SMILES string of the molecule is CC1(C)CCCN1C(=O)C1(c2ccccc2)CCNCC1. The summed E-state index contributed by atoms with van der Waals surface area (Å²) < 4.78 is 0. The zero-order chi connectivity index (χ0) is 14.9. The van der Waals surface area contributed by atoms with E-state index in [1.165, 1.54) is 5.56 Å². The van der Waals surface area contributed by atoms with E-state index in [0.717, 1.165) is 45.3 Å². The van der Waals surface area contributed by atoms with E-state index in [0.29, 0.717) is 5.91 Å². The van der Waals surface area contributed by atoms with Crippen LogP contribution in [0.1, 0.15) is 45.1 Å². The Morgan fingerprint density at radius 3 is 2.33 bits per heavy atom. The van der Waals surface area contributed by atoms with Gasteiger partial charge in [-0.3, -0.25) is 4.79 Å². The molecular formula is C18H26N2O. The second-order valence-electron chi connectivity index (χ2n) is 7.07. The van der Waals surface area contributed by atoms with Gasteiger partial charge < -0.3 is 10.2 Å². The van der Waals surface area contributed by atoms with Gasteiger partial charge in [0.25, 0.3) is 0 Å². The maximum absolute atomic E-state index is 13.4. The molecule has 1 aromatic carbocycles. The number of benzene rings is 1. The first-order valence-electron chi connectivity index (χ1n) is 8.15. The van der Waals surface area contributed by atoms with Gasteiger partial charge >= 0.3 is 0 Å². The highest BCUT2D eigenvalue weighted by atomic mass is 16.2. The molecule has 2 aliphatic rings. The van der Waals surface area contributed by atoms with Crippen LogP contribution in [0.5, 0.6) is 0 Å². The van der Waals surface area contributed by atoms with Crippen LogP contribution in [0, 0.1) is 0 Å². The van der Waals surface area contributed by atoms with E-state index in [9.17, 15) is 4.79 Å². The number of carbonyl (C=O) groups excluding carboxylic acids is 1. The van der Waals surface area contributed by atoms with Crippen molar-refractivity contribution in [3.8, 4) is 0 Å². The van der Waals surface area contributed by atoms with Crippen molar-refractivity contribution >= 4 is 5.91 Å². The first-order chi connectivity index (χ1) is 10.1. The van der Waals surface area contributed by atoms with Crippen LogP contribution in [0.25, 0.3) is 0 Å². The molecule has 0 unspecified atom stereocenters. The van der Waals surface area contributed by atoms with E-state index in [1.54, 1.807) is 0 Å². The zero-order valence-electron chi connectivity index (χ0n) is 13.2. The highest BCUT2D eigenvalue weighted by Gasteiger charge is 2.47. The summed E-state index contributed by atoms with van der Waals surface area (Å²) in [5, 5.41) is 3.40. The molecule has 0 atom stereocenters. The van der Waals surface area contributed by atoms with Gasteiger partial charge in [0.15, 0.2) is 0 Å². The highest BCUT2D eigenvalue weighted by Crippen LogP contribution is 2.39. The monoisotopic (exact) mass is 286 g/mol. The fourth-order valence-electron chi connectivity index (χ4n) is 3.98. The van der Waals surface area contributed by atoms with Gasteiger partial charge in [0, 0.05) is 12.1 Å². The summed E-state index contributed by atoms with van der Waals surface area (Å²) in [5.74, 6) is 0.345. The summed E-state index contributed by atoms with van der Waals surface area (Å²) in [4.78, 5) is 15.6. The Morgan fingerprint density at radius 1 is 1.10 bits per heavy atom. The molecule has 0 aliphatic carbocycles. The van der Waals surface area contributed by atoms with E-state index >= 15 is 0 Å². The summed E-state index contributed by atoms with van der Waals surface area (Å²) >= 11 is 0. The molecule has 1 amide bonds. The van der Waals surface area contributed by atoms with E-state index in [-0.39, 0.29) is 11.0 Å². The van der Waals surface area contributed by atoms with Crippen molar-refractivity contribution in [2.45, 2.75) is 50.5 Å². The molecule has 2 fully saturated rings. The number of carbonyl (C=O) groups is 1. The lowest BCUT2D eigenvalue weighted by molar-refractivity contribution is -0.142. The average Bonchev–Trinajstić information content (AvgIpc) is 2.87. The lowest BCUT2D eigenvalue weighted by atomic mass is 9.71.